The highest BCUT2D eigenvalue weighted by molar-refractivity contribution is 5.79. The first-order valence-corrected chi connectivity index (χ1v) is 10.7. The quantitative estimate of drug-likeness (QED) is 0.751. The molecule has 2 amide bonds. The van der Waals surface area contributed by atoms with E-state index in [0.29, 0.717) is 43.6 Å². The summed E-state index contributed by atoms with van der Waals surface area (Å²) >= 11 is 0. The Kier molecular flexibility index (Phi) is 6.40. The molecule has 4 rings (SSSR count). The van der Waals surface area contributed by atoms with Gasteiger partial charge >= 0.3 is 0 Å². The van der Waals surface area contributed by atoms with Crippen molar-refractivity contribution in [3.8, 4) is 0 Å². The van der Waals surface area contributed by atoms with Gasteiger partial charge in [0.15, 0.2) is 5.82 Å². The molecule has 2 aliphatic rings. The van der Waals surface area contributed by atoms with Crippen molar-refractivity contribution >= 4 is 11.8 Å². The number of hydrogen-bond donors (Lipinski definition) is 1. The van der Waals surface area contributed by atoms with Gasteiger partial charge in [0.2, 0.25) is 17.7 Å². The van der Waals surface area contributed by atoms with Crippen molar-refractivity contribution in [2.24, 2.45) is 5.92 Å². The summed E-state index contributed by atoms with van der Waals surface area (Å²) in [5.41, 5.74) is 0.875. The number of benzene rings is 1. The van der Waals surface area contributed by atoms with E-state index in [-0.39, 0.29) is 30.1 Å². The van der Waals surface area contributed by atoms with Crippen LogP contribution in [0.2, 0.25) is 0 Å². The van der Waals surface area contributed by atoms with Crippen LogP contribution >= 0.6 is 0 Å². The lowest BCUT2D eigenvalue weighted by atomic mass is 9.87. The maximum absolute atomic E-state index is 13.1. The molecule has 1 atom stereocenters. The zero-order chi connectivity index (χ0) is 20.9. The summed E-state index contributed by atoms with van der Waals surface area (Å²) in [6, 6.07) is 6.14. The predicted molar refractivity (Wildman–Crippen MR) is 107 cm³/mol. The van der Waals surface area contributed by atoms with E-state index < -0.39 is 0 Å². The molecule has 1 saturated heterocycles. The number of carbonyl (C=O) groups is 2. The molecule has 1 N–H and O–H groups in total. The van der Waals surface area contributed by atoms with E-state index in [1.165, 1.54) is 31.4 Å². The third kappa shape index (κ3) is 5.23. The van der Waals surface area contributed by atoms with Crippen LogP contribution in [0.25, 0.3) is 0 Å². The van der Waals surface area contributed by atoms with Crippen LogP contribution < -0.4 is 5.32 Å². The zero-order valence-corrected chi connectivity index (χ0v) is 17.0. The molecule has 1 aromatic carbocycles. The second-order valence-corrected chi connectivity index (χ2v) is 8.33. The van der Waals surface area contributed by atoms with Gasteiger partial charge in [-0.1, -0.05) is 36.6 Å². The lowest BCUT2D eigenvalue weighted by molar-refractivity contribution is -0.128. The topological polar surface area (TPSA) is 88.3 Å². The van der Waals surface area contributed by atoms with Crippen LogP contribution in [-0.4, -0.2) is 33.4 Å². The summed E-state index contributed by atoms with van der Waals surface area (Å²) in [5.74, 6) is 0.907. The summed E-state index contributed by atoms with van der Waals surface area (Å²) in [6.45, 7) is 1.12. The van der Waals surface area contributed by atoms with Crippen molar-refractivity contribution in [2.45, 2.75) is 64.0 Å². The fraction of sp³-hybridized carbons (Fsp3) is 0.545. The molecule has 2 heterocycles. The molecule has 0 radical (unpaired) electrons. The van der Waals surface area contributed by atoms with E-state index in [4.69, 9.17) is 4.52 Å². The highest BCUT2D eigenvalue weighted by Crippen LogP contribution is 2.28. The van der Waals surface area contributed by atoms with Crippen LogP contribution in [0.4, 0.5) is 4.39 Å². The van der Waals surface area contributed by atoms with Crippen molar-refractivity contribution in [1.82, 2.24) is 20.4 Å². The van der Waals surface area contributed by atoms with Gasteiger partial charge in [-0.15, -0.1) is 0 Å². The number of hydrogen-bond acceptors (Lipinski definition) is 5. The second kappa shape index (κ2) is 9.36. The van der Waals surface area contributed by atoms with Crippen molar-refractivity contribution < 1.29 is 18.5 Å². The number of aromatic nitrogens is 2. The number of carbonyl (C=O) groups excluding carboxylic acids is 2. The standard InChI is InChI=1S/C22H27FN4O3/c23-18-8-6-16(7-9-18)13-27-14-17(11-21(27)29)22-25-20(30-26-22)12-24-19(28)10-15-4-2-1-3-5-15/h6-9,15,17H,1-5,10-14H2,(H,24,28). The van der Waals surface area contributed by atoms with Crippen molar-refractivity contribution in [3.05, 3.63) is 47.4 Å². The molecule has 0 spiro atoms. The van der Waals surface area contributed by atoms with Gasteiger partial charge in [0.1, 0.15) is 5.82 Å². The number of nitrogens with one attached hydrogen (secondary N) is 1. The Morgan fingerprint density at radius 2 is 1.97 bits per heavy atom. The molecule has 8 heteroatoms. The Hall–Kier alpha value is -2.77. The van der Waals surface area contributed by atoms with Crippen LogP contribution in [0, 0.1) is 11.7 Å². The van der Waals surface area contributed by atoms with Crippen LogP contribution in [0.3, 0.4) is 0 Å². The Labute approximate surface area is 175 Å². The monoisotopic (exact) mass is 414 g/mol. The van der Waals surface area contributed by atoms with Crippen molar-refractivity contribution in [2.75, 3.05) is 6.54 Å². The smallest absolute Gasteiger partial charge is 0.246 e. The van der Waals surface area contributed by atoms with Gasteiger partial charge in [-0.25, -0.2) is 4.39 Å². The van der Waals surface area contributed by atoms with E-state index in [1.807, 2.05) is 0 Å². The van der Waals surface area contributed by atoms with Gasteiger partial charge in [0.05, 0.1) is 6.54 Å². The molecule has 1 unspecified atom stereocenters. The molecule has 1 aromatic heterocycles. The summed E-state index contributed by atoms with van der Waals surface area (Å²) in [6.07, 6.45) is 6.82. The Bertz CT molecular complexity index is 877. The number of likely N-dealkylation sites (tertiary alicyclic amines) is 1. The molecule has 1 aliphatic carbocycles. The maximum Gasteiger partial charge on any atom is 0.246 e. The largest absolute Gasteiger partial charge is 0.347 e. The normalized spacial score (nSPS) is 20.0. The maximum atomic E-state index is 13.1. The average Bonchev–Trinajstić information content (AvgIpc) is 3.36. The first-order valence-electron chi connectivity index (χ1n) is 10.7. The third-order valence-corrected chi connectivity index (χ3v) is 5.99. The van der Waals surface area contributed by atoms with Gasteiger partial charge in [-0.05, 0) is 36.5 Å². The van der Waals surface area contributed by atoms with Crippen LogP contribution in [0.5, 0.6) is 0 Å². The summed E-state index contributed by atoms with van der Waals surface area (Å²) < 4.78 is 18.3. The molecule has 1 saturated carbocycles. The molecule has 0 bridgehead atoms. The number of rotatable bonds is 7. The zero-order valence-electron chi connectivity index (χ0n) is 17.0. The number of nitrogens with zero attached hydrogens (tertiary/aromatic N) is 3. The van der Waals surface area contributed by atoms with Gasteiger partial charge < -0.3 is 14.7 Å². The predicted octanol–water partition coefficient (Wildman–Crippen LogP) is 3.31. The van der Waals surface area contributed by atoms with Crippen molar-refractivity contribution in [1.29, 1.82) is 0 Å². The van der Waals surface area contributed by atoms with E-state index in [9.17, 15) is 14.0 Å². The van der Waals surface area contributed by atoms with Crippen LogP contribution in [0.15, 0.2) is 28.8 Å². The Balaban J connectivity index is 1.26. The van der Waals surface area contributed by atoms with Crippen molar-refractivity contribution in [3.63, 3.8) is 0 Å². The van der Waals surface area contributed by atoms with Crippen LogP contribution in [0.1, 0.15) is 68.1 Å². The minimum atomic E-state index is -0.297. The minimum absolute atomic E-state index is 0.0106. The molecule has 160 valence electrons. The Morgan fingerprint density at radius 3 is 2.73 bits per heavy atom. The lowest BCUT2D eigenvalue weighted by Crippen LogP contribution is -2.26. The van der Waals surface area contributed by atoms with Gasteiger partial charge in [0, 0.05) is 31.8 Å². The highest BCUT2D eigenvalue weighted by Gasteiger charge is 2.33. The molecular weight excluding hydrogens is 387 g/mol. The van der Waals surface area contributed by atoms with E-state index >= 15 is 0 Å². The minimum Gasteiger partial charge on any atom is -0.347 e. The summed E-state index contributed by atoms with van der Waals surface area (Å²) in [4.78, 5) is 30.6. The average molecular weight is 414 g/mol. The fourth-order valence-corrected chi connectivity index (χ4v) is 4.31. The molecule has 2 aromatic rings. The Morgan fingerprint density at radius 1 is 1.20 bits per heavy atom. The summed E-state index contributed by atoms with van der Waals surface area (Å²) in [5, 5.41) is 6.88. The molecule has 2 fully saturated rings. The SMILES string of the molecule is O=C(CC1CCCCC1)NCc1nc(C2CC(=O)N(Cc3ccc(F)cc3)C2)no1. The first-order chi connectivity index (χ1) is 14.6. The number of amides is 2. The third-order valence-electron chi connectivity index (χ3n) is 5.99. The molecule has 30 heavy (non-hydrogen) atoms. The van der Waals surface area contributed by atoms with E-state index in [1.54, 1.807) is 17.0 Å². The van der Waals surface area contributed by atoms with Crippen LogP contribution in [-0.2, 0) is 22.7 Å². The molecular formula is C22H27FN4O3. The number of halogens is 1. The second-order valence-electron chi connectivity index (χ2n) is 8.33. The highest BCUT2D eigenvalue weighted by atomic mass is 19.1. The summed E-state index contributed by atoms with van der Waals surface area (Å²) in [7, 11) is 0. The molecule has 1 aliphatic heterocycles. The fourth-order valence-electron chi connectivity index (χ4n) is 4.31. The van der Waals surface area contributed by atoms with Gasteiger partial charge in [-0.3, -0.25) is 9.59 Å². The van der Waals surface area contributed by atoms with E-state index in [0.717, 1.165) is 18.4 Å². The van der Waals surface area contributed by atoms with Gasteiger partial charge in [-0.2, -0.15) is 4.98 Å². The van der Waals surface area contributed by atoms with E-state index in [2.05, 4.69) is 15.5 Å². The first kappa shape index (κ1) is 20.5. The van der Waals surface area contributed by atoms with Gasteiger partial charge in [0.25, 0.3) is 0 Å². The molecule has 7 nitrogen and oxygen atoms in total. The lowest BCUT2D eigenvalue weighted by Gasteiger charge is -2.20.